The summed E-state index contributed by atoms with van der Waals surface area (Å²) in [6.45, 7) is 1.54. The summed E-state index contributed by atoms with van der Waals surface area (Å²) in [6.07, 6.45) is 0. The average Bonchev–Trinajstić information content (AvgIpc) is 2.00. The van der Waals surface area contributed by atoms with Crippen molar-refractivity contribution in [2.24, 2.45) is 5.73 Å². The van der Waals surface area contributed by atoms with Crippen molar-refractivity contribution in [3.63, 3.8) is 0 Å². The van der Waals surface area contributed by atoms with Gasteiger partial charge in [0.05, 0.1) is 5.54 Å². The van der Waals surface area contributed by atoms with Crippen molar-refractivity contribution in [1.29, 1.82) is 0 Å². The topological polar surface area (TPSA) is 38.0 Å². The highest BCUT2D eigenvalue weighted by Gasteiger charge is 2.35. The van der Waals surface area contributed by atoms with Crippen LogP contribution in [0.1, 0.15) is 5.56 Å². The molecule has 1 aromatic rings. The van der Waals surface area contributed by atoms with Crippen molar-refractivity contribution < 1.29 is 0 Å². The lowest BCUT2D eigenvalue weighted by atomic mass is 9.85. The third kappa shape index (κ3) is 2.00. The van der Waals surface area contributed by atoms with Gasteiger partial charge in [0, 0.05) is 23.1 Å². The van der Waals surface area contributed by atoms with Gasteiger partial charge in [-0.2, -0.15) is 0 Å². The van der Waals surface area contributed by atoms with Gasteiger partial charge in [0.2, 0.25) is 0 Å². The Balaban J connectivity index is 0.000000980. The van der Waals surface area contributed by atoms with Gasteiger partial charge in [-0.25, -0.2) is 0 Å². The zero-order valence-electron chi connectivity index (χ0n) is 7.39. The van der Waals surface area contributed by atoms with Crippen LogP contribution in [-0.2, 0) is 5.54 Å². The first-order chi connectivity index (χ1) is 6.12. The van der Waals surface area contributed by atoms with Crippen LogP contribution in [0.5, 0.6) is 0 Å². The fraction of sp³-hybridized carbons (Fsp3) is 0.333. The van der Waals surface area contributed by atoms with Crippen molar-refractivity contribution in [2.45, 2.75) is 5.54 Å². The second-order valence-corrected chi connectivity index (χ2v) is 4.23. The standard InChI is InChI=1S/C9H10Cl2N2.ClH/c10-6-1-2-7(8(11)3-6)9(12)4-13-5-9;/h1-3,13H,4-5,12H2;1H. The molecule has 1 aliphatic heterocycles. The van der Waals surface area contributed by atoms with Gasteiger partial charge in [-0.05, 0) is 17.7 Å². The minimum Gasteiger partial charge on any atom is -0.319 e. The van der Waals surface area contributed by atoms with E-state index in [1.165, 1.54) is 0 Å². The first-order valence-electron chi connectivity index (χ1n) is 4.07. The van der Waals surface area contributed by atoms with Crippen LogP contribution in [0.15, 0.2) is 18.2 Å². The SMILES string of the molecule is Cl.NC1(c2ccc(Cl)cc2Cl)CNC1. The molecule has 5 heteroatoms. The number of hydrogen-bond donors (Lipinski definition) is 2. The molecule has 1 heterocycles. The van der Waals surface area contributed by atoms with Crippen LogP contribution in [0, 0.1) is 0 Å². The van der Waals surface area contributed by atoms with E-state index in [0.29, 0.717) is 10.0 Å². The first-order valence-corrected chi connectivity index (χ1v) is 4.82. The molecule has 0 amide bonds. The predicted molar refractivity (Wildman–Crippen MR) is 62.4 cm³/mol. The maximum absolute atomic E-state index is 6.09. The molecule has 0 radical (unpaired) electrons. The zero-order valence-corrected chi connectivity index (χ0v) is 9.72. The average molecular weight is 254 g/mol. The Morgan fingerprint density at radius 2 is 1.93 bits per heavy atom. The molecule has 0 atom stereocenters. The molecule has 0 saturated carbocycles. The Bertz CT molecular complexity index is 337. The van der Waals surface area contributed by atoms with Crippen LogP contribution in [0.2, 0.25) is 10.0 Å². The highest BCUT2D eigenvalue weighted by molar-refractivity contribution is 6.35. The molecule has 3 N–H and O–H groups in total. The maximum atomic E-state index is 6.09. The molecule has 1 aliphatic rings. The van der Waals surface area contributed by atoms with E-state index >= 15 is 0 Å². The summed E-state index contributed by atoms with van der Waals surface area (Å²) in [7, 11) is 0. The van der Waals surface area contributed by atoms with E-state index in [2.05, 4.69) is 5.32 Å². The van der Waals surface area contributed by atoms with Gasteiger partial charge in [-0.15, -0.1) is 12.4 Å². The third-order valence-corrected chi connectivity index (χ3v) is 2.90. The van der Waals surface area contributed by atoms with Crippen molar-refractivity contribution in [1.82, 2.24) is 5.32 Å². The summed E-state index contributed by atoms with van der Waals surface area (Å²) in [5, 5.41) is 4.42. The van der Waals surface area contributed by atoms with Crippen molar-refractivity contribution in [2.75, 3.05) is 13.1 Å². The lowest BCUT2D eigenvalue weighted by molar-refractivity contribution is 0.287. The molecule has 2 rings (SSSR count). The van der Waals surface area contributed by atoms with Gasteiger partial charge < -0.3 is 11.1 Å². The van der Waals surface area contributed by atoms with Gasteiger partial charge in [-0.1, -0.05) is 29.3 Å². The normalized spacial score (nSPS) is 18.2. The molecule has 0 aromatic heterocycles. The summed E-state index contributed by atoms with van der Waals surface area (Å²) >= 11 is 11.8. The van der Waals surface area contributed by atoms with Crippen LogP contribution in [0.4, 0.5) is 0 Å². The van der Waals surface area contributed by atoms with Crippen LogP contribution in [0.3, 0.4) is 0 Å². The summed E-state index contributed by atoms with van der Waals surface area (Å²) in [5.74, 6) is 0. The Labute approximate surface area is 99.2 Å². The van der Waals surface area contributed by atoms with Gasteiger partial charge in [0.15, 0.2) is 0 Å². The first kappa shape index (κ1) is 12.1. The molecular formula is C9H11Cl3N2. The van der Waals surface area contributed by atoms with Crippen LogP contribution in [-0.4, -0.2) is 13.1 Å². The lowest BCUT2D eigenvalue weighted by Crippen LogP contribution is -2.62. The van der Waals surface area contributed by atoms with E-state index < -0.39 is 0 Å². The number of hydrogen-bond acceptors (Lipinski definition) is 2. The van der Waals surface area contributed by atoms with E-state index in [1.54, 1.807) is 6.07 Å². The van der Waals surface area contributed by atoms with E-state index in [0.717, 1.165) is 18.7 Å². The maximum Gasteiger partial charge on any atom is 0.0676 e. The minimum atomic E-state index is -0.304. The molecule has 0 spiro atoms. The predicted octanol–water partition coefficient (Wildman–Crippen LogP) is 2.17. The van der Waals surface area contributed by atoms with Gasteiger partial charge in [0.25, 0.3) is 0 Å². The number of nitrogens with one attached hydrogen (secondary N) is 1. The van der Waals surface area contributed by atoms with Gasteiger partial charge in [-0.3, -0.25) is 0 Å². The van der Waals surface area contributed by atoms with Crippen molar-refractivity contribution >= 4 is 35.6 Å². The Morgan fingerprint density at radius 1 is 1.29 bits per heavy atom. The van der Waals surface area contributed by atoms with Crippen LogP contribution >= 0.6 is 35.6 Å². The van der Waals surface area contributed by atoms with E-state index in [-0.39, 0.29) is 17.9 Å². The molecule has 1 aromatic carbocycles. The van der Waals surface area contributed by atoms with E-state index in [4.69, 9.17) is 28.9 Å². The van der Waals surface area contributed by atoms with Crippen molar-refractivity contribution in [3.8, 4) is 0 Å². The summed E-state index contributed by atoms with van der Waals surface area (Å²) < 4.78 is 0. The third-order valence-electron chi connectivity index (χ3n) is 2.35. The molecule has 1 fully saturated rings. The largest absolute Gasteiger partial charge is 0.319 e. The second-order valence-electron chi connectivity index (χ2n) is 3.38. The number of nitrogens with two attached hydrogens (primary N) is 1. The van der Waals surface area contributed by atoms with Gasteiger partial charge in [0.1, 0.15) is 0 Å². The summed E-state index contributed by atoms with van der Waals surface area (Å²) in [6, 6.07) is 5.44. The smallest absolute Gasteiger partial charge is 0.0676 e. The fourth-order valence-corrected chi connectivity index (χ4v) is 2.07. The minimum absolute atomic E-state index is 0. The lowest BCUT2D eigenvalue weighted by Gasteiger charge is -2.40. The number of rotatable bonds is 1. The molecule has 14 heavy (non-hydrogen) atoms. The van der Waals surface area contributed by atoms with E-state index in [9.17, 15) is 0 Å². The number of halogens is 3. The van der Waals surface area contributed by atoms with Crippen LogP contribution < -0.4 is 11.1 Å². The molecule has 0 unspecified atom stereocenters. The van der Waals surface area contributed by atoms with Gasteiger partial charge >= 0.3 is 0 Å². The summed E-state index contributed by atoms with van der Waals surface area (Å²) in [4.78, 5) is 0. The molecule has 78 valence electrons. The fourth-order valence-electron chi connectivity index (χ4n) is 1.48. The zero-order chi connectivity index (χ0) is 9.47. The highest BCUT2D eigenvalue weighted by atomic mass is 35.5. The second kappa shape index (κ2) is 4.25. The Hall–Kier alpha value is 0.01000. The quantitative estimate of drug-likeness (QED) is 0.805. The van der Waals surface area contributed by atoms with E-state index in [1.807, 2.05) is 12.1 Å². The highest BCUT2D eigenvalue weighted by Crippen LogP contribution is 2.30. The molecule has 0 aliphatic carbocycles. The molecule has 2 nitrogen and oxygen atoms in total. The van der Waals surface area contributed by atoms with Crippen molar-refractivity contribution in [3.05, 3.63) is 33.8 Å². The molecule has 1 saturated heterocycles. The molecular weight excluding hydrogens is 242 g/mol. The summed E-state index contributed by atoms with van der Waals surface area (Å²) in [5.41, 5.74) is 6.75. The van der Waals surface area contributed by atoms with Crippen LogP contribution in [0.25, 0.3) is 0 Å². The monoisotopic (exact) mass is 252 g/mol. The number of benzene rings is 1. The Kier molecular flexibility index (Phi) is 3.67. The Morgan fingerprint density at radius 3 is 2.36 bits per heavy atom. The molecule has 0 bridgehead atoms.